The summed E-state index contributed by atoms with van der Waals surface area (Å²) in [5.41, 5.74) is 2.41. The highest BCUT2D eigenvalue weighted by atomic mass is 32.1. The molecular formula is C19H17FN6OS. The van der Waals surface area contributed by atoms with Crippen LogP contribution in [0.5, 0.6) is 0 Å². The second-order valence-electron chi connectivity index (χ2n) is 6.16. The second kappa shape index (κ2) is 7.73. The number of anilines is 2. The standard InChI is InChI=1S/C19H17FN6OS/c1-12-3-2-4-16(22-12)24-17(27)9-10-21-18-25-26-11-15(23-19(26)28-18)13-5-7-14(20)8-6-13/h2-8,11H,9-10H2,1H3,(H,21,25)(H,22,24,27). The van der Waals surface area contributed by atoms with E-state index in [1.807, 2.05) is 19.1 Å². The monoisotopic (exact) mass is 396 g/mol. The van der Waals surface area contributed by atoms with Crippen molar-refractivity contribution in [1.82, 2.24) is 19.6 Å². The summed E-state index contributed by atoms with van der Waals surface area (Å²) in [4.78, 5) is 21.5. The van der Waals surface area contributed by atoms with Gasteiger partial charge in [0, 0.05) is 24.2 Å². The first-order chi connectivity index (χ1) is 13.6. The summed E-state index contributed by atoms with van der Waals surface area (Å²) in [7, 11) is 0. The topological polar surface area (TPSA) is 84.2 Å². The number of halogens is 1. The van der Waals surface area contributed by atoms with Gasteiger partial charge < -0.3 is 10.6 Å². The highest BCUT2D eigenvalue weighted by Gasteiger charge is 2.10. The Morgan fingerprint density at radius 1 is 1.18 bits per heavy atom. The summed E-state index contributed by atoms with van der Waals surface area (Å²) in [6.07, 6.45) is 2.08. The summed E-state index contributed by atoms with van der Waals surface area (Å²) < 4.78 is 14.7. The Balaban J connectivity index is 1.33. The fraction of sp³-hybridized carbons (Fsp3) is 0.158. The third kappa shape index (κ3) is 4.15. The van der Waals surface area contributed by atoms with Crippen molar-refractivity contribution in [2.75, 3.05) is 17.2 Å². The number of hydrogen-bond donors (Lipinski definition) is 2. The number of hydrogen-bond acceptors (Lipinski definition) is 6. The van der Waals surface area contributed by atoms with Gasteiger partial charge in [-0.15, -0.1) is 5.10 Å². The number of carbonyl (C=O) groups is 1. The Morgan fingerprint density at radius 2 is 2.00 bits per heavy atom. The molecule has 0 fully saturated rings. The molecule has 0 aliphatic carbocycles. The molecule has 3 heterocycles. The van der Waals surface area contributed by atoms with Crippen LogP contribution in [0.3, 0.4) is 0 Å². The maximum atomic E-state index is 13.0. The van der Waals surface area contributed by atoms with Gasteiger partial charge in [0.2, 0.25) is 16.0 Å². The molecule has 0 saturated heterocycles. The highest BCUT2D eigenvalue weighted by molar-refractivity contribution is 7.20. The van der Waals surface area contributed by atoms with Crippen molar-refractivity contribution in [2.24, 2.45) is 0 Å². The Morgan fingerprint density at radius 3 is 2.75 bits per heavy atom. The van der Waals surface area contributed by atoms with Gasteiger partial charge in [-0.1, -0.05) is 17.4 Å². The number of fused-ring (bicyclic) bond motifs is 1. The SMILES string of the molecule is Cc1cccc(NC(=O)CCNc2nn3cc(-c4ccc(F)cc4)nc3s2)n1. The number of carbonyl (C=O) groups excluding carboxylic acids is 1. The predicted molar refractivity (Wildman–Crippen MR) is 107 cm³/mol. The van der Waals surface area contributed by atoms with Crippen LogP contribution in [0.4, 0.5) is 15.3 Å². The lowest BCUT2D eigenvalue weighted by Crippen LogP contribution is -2.17. The van der Waals surface area contributed by atoms with Crippen molar-refractivity contribution in [3.8, 4) is 11.3 Å². The molecule has 2 N–H and O–H groups in total. The van der Waals surface area contributed by atoms with Gasteiger partial charge in [-0.3, -0.25) is 4.79 Å². The van der Waals surface area contributed by atoms with E-state index in [1.54, 1.807) is 28.9 Å². The van der Waals surface area contributed by atoms with E-state index < -0.39 is 0 Å². The number of imidazole rings is 1. The second-order valence-corrected chi connectivity index (χ2v) is 7.11. The number of aryl methyl sites for hydroxylation is 1. The van der Waals surface area contributed by atoms with Crippen LogP contribution in [0.2, 0.25) is 0 Å². The third-order valence-corrected chi connectivity index (χ3v) is 4.85. The van der Waals surface area contributed by atoms with Gasteiger partial charge in [0.15, 0.2) is 0 Å². The summed E-state index contributed by atoms with van der Waals surface area (Å²) in [5.74, 6) is 0.146. The number of pyridine rings is 1. The zero-order chi connectivity index (χ0) is 19.5. The van der Waals surface area contributed by atoms with Crippen LogP contribution in [-0.4, -0.2) is 32.0 Å². The minimum atomic E-state index is -0.281. The molecule has 3 aromatic heterocycles. The average molecular weight is 396 g/mol. The normalized spacial score (nSPS) is 10.9. The molecule has 142 valence electrons. The minimum Gasteiger partial charge on any atom is -0.360 e. The van der Waals surface area contributed by atoms with E-state index in [0.717, 1.165) is 21.9 Å². The van der Waals surface area contributed by atoms with Crippen LogP contribution in [0.15, 0.2) is 48.7 Å². The predicted octanol–water partition coefficient (Wildman–Crippen LogP) is 3.74. The van der Waals surface area contributed by atoms with Crippen LogP contribution in [0.25, 0.3) is 16.2 Å². The summed E-state index contributed by atoms with van der Waals surface area (Å²) in [6.45, 7) is 2.32. The van der Waals surface area contributed by atoms with Gasteiger partial charge in [0.1, 0.15) is 11.6 Å². The van der Waals surface area contributed by atoms with Crippen molar-refractivity contribution in [3.05, 3.63) is 60.2 Å². The third-order valence-electron chi connectivity index (χ3n) is 3.97. The van der Waals surface area contributed by atoms with Crippen LogP contribution < -0.4 is 10.6 Å². The molecule has 1 aromatic carbocycles. The summed E-state index contributed by atoms with van der Waals surface area (Å²) in [5, 5.41) is 11.0. The molecule has 4 rings (SSSR count). The number of amides is 1. The molecule has 0 radical (unpaired) electrons. The molecule has 0 aliphatic heterocycles. The van der Waals surface area contributed by atoms with E-state index in [-0.39, 0.29) is 11.7 Å². The molecule has 1 amide bonds. The maximum absolute atomic E-state index is 13.0. The Labute approximate surface area is 164 Å². The molecule has 7 nitrogen and oxygen atoms in total. The van der Waals surface area contributed by atoms with E-state index in [9.17, 15) is 9.18 Å². The minimum absolute atomic E-state index is 0.120. The fourth-order valence-electron chi connectivity index (χ4n) is 2.63. The molecule has 0 atom stereocenters. The van der Waals surface area contributed by atoms with Crippen molar-refractivity contribution in [1.29, 1.82) is 0 Å². The van der Waals surface area contributed by atoms with Crippen molar-refractivity contribution < 1.29 is 9.18 Å². The average Bonchev–Trinajstić information content (AvgIpc) is 3.21. The lowest BCUT2D eigenvalue weighted by Gasteiger charge is -2.05. The van der Waals surface area contributed by atoms with Crippen LogP contribution in [0, 0.1) is 12.7 Å². The van der Waals surface area contributed by atoms with Gasteiger partial charge in [-0.2, -0.15) is 0 Å². The first-order valence-electron chi connectivity index (χ1n) is 8.66. The summed E-state index contributed by atoms with van der Waals surface area (Å²) >= 11 is 1.39. The number of nitrogens with one attached hydrogen (secondary N) is 2. The van der Waals surface area contributed by atoms with Gasteiger partial charge in [0.25, 0.3) is 0 Å². The molecule has 9 heteroatoms. The highest BCUT2D eigenvalue weighted by Crippen LogP contribution is 2.24. The van der Waals surface area contributed by atoms with Gasteiger partial charge in [-0.05, 0) is 43.3 Å². The zero-order valence-corrected chi connectivity index (χ0v) is 15.8. The molecular weight excluding hydrogens is 379 g/mol. The quantitative estimate of drug-likeness (QED) is 0.519. The summed E-state index contributed by atoms with van der Waals surface area (Å²) in [6, 6.07) is 11.7. The maximum Gasteiger partial charge on any atom is 0.227 e. The largest absolute Gasteiger partial charge is 0.360 e. The van der Waals surface area contributed by atoms with E-state index in [4.69, 9.17) is 0 Å². The Kier molecular flexibility index (Phi) is 4.98. The van der Waals surface area contributed by atoms with Gasteiger partial charge in [-0.25, -0.2) is 18.9 Å². The van der Waals surface area contributed by atoms with Crippen LogP contribution in [-0.2, 0) is 4.79 Å². The molecule has 0 aliphatic rings. The number of nitrogens with zero attached hydrogens (tertiary/aromatic N) is 4. The first-order valence-corrected chi connectivity index (χ1v) is 9.48. The number of aromatic nitrogens is 4. The Hall–Kier alpha value is -3.33. The smallest absolute Gasteiger partial charge is 0.227 e. The van der Waals surface area contributed by atoms with Crippen LogP contribution >= 0.6 is 11.3 Å². The van der Waals surface area contributed by atoms with E-state index >= 15 is 0 Å². The molecule has 0 spiro atoms. The van der Waals surface area contributed by atoms with Crippen LogP contribution in [0.1, 0.15) is 12.1 Å². The zero-order valence-electron chi connectivity index (χ0n) is 15.0. The molecule has 0 bridgehead atoms. The molecule has 28 heavy (non-hydrogen) atoms. The van der Waals surface area contributed by atoms with E-state index in [2.05, 4.69) is 25.7 Å². The van der Waals surface area contributed by atoms with Gasteiger partial charge >= 0.3 is 0 Å². The Bertz CT molecular complexity index is 1090. The van der Waals surface area contributed by atoms with E-state index in [0.29, 0.717) is 23.9 Å². The lowest BCUT2D eigenvalue weighted by atomic mass is 10.2. The van der Waals surface area contributed by atoms with E-state index in [1.165, 1.54) is 23.5 Å². The van der Waals surface area contributed by atoms with Crippen molar-refractivity contribution >= 4 is 33.2 Å². The van der Waals surface area contributed by atoms with Crippen molar-refractivity contribution in [3.63, 3.8) is 0 Å². The number of benzene rings is 1. The van der Waals surface area contributed by atoms with Gasteiger partial charge in [0.05, 0.1) is 11.9 Å². The fourth-order valence-corrected chi connectivity index (χ4v) is 3.44. The number of rotatable bonds is 6. The molecule has 4 aromatic rings. The first kappa shape index (κ1) is 18.1. The van der Waals surface area contributed by atoms with Crippen molar-refractivity contribution in [2.45, 2.75) is 13.3 Å². The lowest BCUT2D eigenvalue weighted by molar-refractivity contribution is -0.116. The molecule has 0 saturated carbocycles. The molecule has 0 unspecified atom stereocenters.